The lowest BCUT2D eigenvalue weighted by molar-refractivity contribution is -0.120. The number of piperidine rings is 1. The van der Waals surface area contributed by atoms with Gasteiger partial charge in [0.25, 0.3) is 0 Å². The summed E-state index contributed by atoms with van der Waals surface area (Å²) in [6.07, 6.45) is 5.38. The van der Waals surface area contributed by atoms with Crippen molar-refractivity contribution in [2.45, 2.75) is 19.8 Å². The summed E-state index contributed by atoms with van der Waals surface area (Å²) in [5.74, 6) is 3.00. The Labute approximate surface area is 169 Å². The number of nitrogens with one attached hydrogen (secondary N) is 1. The van der Waals surface area contributed by atoms with Crippen LogP contribution in [0, 0.1) is 12.8 Å². The highest BCUT2D eigenvalue weighted by atomic mass is 16.5. The molecule has 8 nitrogen and oxygen atoms in total. The lowest BCUT2D eigenvalue weighted by Gasteiger charge is -2.32. The van der Waals surface area contributed by atoms with E-state index in [2.05, 4.69) is 25.4 Å². The zero-order valence-electron chi connectivity index (χ0n) is 16.6. The fraction of sp³-hybridized carbons (Fsp3) is 0.333. The molecule has 1 atom stereocenters. The molecule has 1 unspecified atom stereocenters. The number of carbonyl (C=O) groups excluding carboxylic acids is 1. The predicted molar refractivity (Wildman–Crippen MR) is 110 cm³/mol. The van der Waals surface area contributed by atoms with Crippen LogP contribution in [0.15, 0.2) is 48.8 Å². The summed E-state index contributed by atoms with van der Waals surface area (Å²) in [5.41, 5.74) is 0.742. The maximum atomic E-state index is 12.8. The van der Waals surface area contributed by atoms with Gasteiger partial charge in [-0.3, -0.25) is 9.36 Å². The second kappa shape index (κ2) is 8.30. The van der Waals surface area contributed by atoms with Crippen LogP contribution < -0.4 is 15.0 Å². The first-order chi connectivity index (χ1) is 14.1. The average Bonchev–Trinajstić information content (AvgIpc) is 3.20. The van der Waals surface area contributed by atoms with Gasteiger partial charge in [-0.05, 0) is 44.0 Å². The van der Waals surface area contributed by atoms with E-state index in [-0.39, 0.29) is 11.8 Å². The number of carbonyl (C=O) groups is 1. The van der Waals surface area contributed by atoms with E-state index in [1.54, 1.807) is 13.3 Å². The highest BCUT2D eigenvalue weighted by Crippen LogP contribution is 2.24. The van der Waals surface area contributed by atoms with Gasteiger partial charge in [-0.2, -0.15) is 0 Å². The first-order valence-electron chi connectivity index (χ1n) is 9.68. The van der Waals surface area contributed by atoms with Gasteiger partial charge in [0.2, 0.25) is 5.91 Å². The summed E-state index contributed by atoms with van der Waals surface area (Å²) in [6, 6.07) is 11.3. The van der Waals surface area contributed by atoms with Crippen LogP contribution in [-0.4, -0.2) is 45.9 Å². The summed E-state index contributed by atoms with van der Waals surface area (Å²) in [5, 5.41) is 11.7. The summed E-state index contributed by atoms with van der Waals surface area (Å²) in [7, 11) is 1.61. The standard InChI is InChI=1S/C21H24N6O2/c1-15-22-10-12-27(15)20-9-8-19(24-25-20)26-11-4-5-16(14-26)21(28)23-17-6-3-7-18(13-17)29-2/h3,6-10,12-13,16H,4-5,11,14H2,1-2H3,(H,23,28). The van der Waals surface area contributed by atoms with E-state index in [0.29, 0.717) is 6.54 Å². The molecule has 4 rings (SSSR count). The van der Waals surface area contributed by atoms with Gasteiger partial charge in [-0.25, -0.2) is 4.98 Å². The SMILES string of the molecule is COc1cccc(NC(=O)C2CCCN(c3ccc(-n4ccnc4C)nn3)C2)c1. The van der Waals surface area contributed by atoms with Crippen LogP contribution in [0.4, 0.5) is 11.5 Å². The Hall–Kier alpha value is -3.42. The first kappa shape index (κ1) is 18.9. The normalized spacial score (nSPS) is 16.5. The molecule has 1 amide bonds. The zero-order chi connectivity index (χ0) is 20.2. The number of methoxy groups -OCH3 is 1. The number of amides is 1. The van der Waals surface area contributed by atoms with Crippen LogP contribution in [-0.2, 0) is 4.79 Å². The Kier molecular flexibility index (Phi) is 5.41. The Bertz CT molecular complexity index is 985. The molecule has 0 bridgehead atoms. The molecule has 1 aliphatic heterocycles. The van der Waals surface area contributed by atoms with E-state index in [9.17, 15) is 4.79 Å². The highest BCUT2D eigenvalue weighted by Gasteiger charge is 2.27. The number of ether oxygens (including phenoxy) is 1. The molecule has 0 aliphatic carbocycles. The van der Waals surface area contributed by atoms with Crippen LogP contribution in [0.2, 0.25) is 0 Å². The highest BCUT2D eigenvalue weighted by molar-refractivity contribution is 5.93. The largest absolute Gasteiger partial charge is 0.497 e. The first-order valence-corrected chi connectivity index (χ1v) is 9.68. The Balaban J connectivity index is 1.42. The van der Waals surface area contributed by atoms with Crippen molar-refractivity contribution in [2.24, 2.45) is 5.92 Å². The molecule has 2 aromatic heterocycles. The molecule has 3 heterocycles. The maximum Gasteiger partial charge on any atom is 0.229 e. The summed E-state index contributed by atoms with van der Waals surface area (Å²) >= 11 is 0. The molecule has 1 saturated heterocycles. The van der Waals surface area contributed by atoms with Gasteiger partial charge in [-0.15, -0.1) is 10.2 Å². The van der Waals surface area contributed by atoms with Crippen molar-refractivity contribution in [2.75, 3.05) is 30.4 Å². The van der Waals surface area contributed by atoms with E-state index in [1.165, 1.54) is 0 Å². The number of aromatic nitrogens is 4. The van der Waals surface area contributed by atoms with E-state index < -0.39 is 0 Å². The minimum atomic E-state index is -0.104. The van der Waals surface area contributed by atoms with E-state index >= 15 is 0 Å². The predicted octanol–water partition coefficient (Wildman–Crippen LogP) is 2.83. The third-order valence-electron chi connectivity index (χ3n) is 5.16. The van der Waals surface area contributed by atoms with Gasteiger partial charge >= 0.3 is 0 Å². The van der Waals surface area contributed by atoms with Crippen molar-refractivity contribution in [3.05, 3.63) is 54.6 Å². The molecule has 29 heavy (non-hydrogen) atoms. The fourth-order valence-electron chi connectivity index (χ4n) is 3.58. The maximum absolute atomic E-state index is 12.8. The van der Waals surface area contributed by atoms with Crippen molar-refractivity contribution < 1.29 is 9.53 Å². The van der Waals surface area contributed by atoms with Gasteiger partial charge in [0.05, 0.1) is 13.0 Å². The number of hydrogen-bond donors (Lipinski definition) is 1. The van der Waals surface area contributed by atoms with Crippen LogP contribution in [0.5, 0.6) is 5.75 Å². The smallest absolute Gasteiger partial charge is 0.229 e. The Morgan fingerprint density at radius 3 is 2.76 bits per heavy atom. The minimum Gasteiger partial charge on any atom is -0.497 e. The third-order valence-corrected chi connectivity index (χ3v) is 5.16. The number of nitrogens with zero attached hydrogens (tertiary/aromatic N) is 5. The molecule has 1 aliphatic rings. The number of hydrogen-bond acceptors (Lipinski definition) is 6. The molecule has 1 aromatic carbocycles. The second-order valence-corrected chi connectivity index (χ2v) is 7.10. The fourth-order valence-corrected chi connectivity index (χ4v) is 3.58. The molecule has 8 heteroatoms. The van der Waals surface area contributed by atoms with Crippen molar-refractivity contribution in [1.82, 2.24) is 19.7 Å². The average molecular weight is 392 g/mol. The monoisotopic (exact) mass is 392 g/mol. The van der Waals surface area contributed by atoms with Crippen molar-refractivity contribution in [3.63, 3.8) is 0 Å². The number of aryl methyl sites for hydroxylation is 1. The number of rotatable bonds is 5. The quantitative estimate of drug-likeness (QED) is 0.719. The summed E-state index contributed by atoms with van der Waals surface area (Å²) in [6.45, 7) is 3.40. The third kappa shape index (κ3) is 4.21. The van der Waals surface area contributed by atoms with E-state index in [0.717, 1.165) is 48.3 Å². The van der Waals surface area contributed by atoms with Gasteiger partial charge in [-0.1, -0.05) is 6.07 Å². The zero-order valence-corrected chi connectivity index (χ0v) is 16.6. The second-order valence-electron chi connectivity index (χ2n) is 7.10. The molecular formula is C21H24N6O2. The number of benzene rings is 1. The van der Waals surface area contributed by atoms with Crippen molar-refractivity contribution in [1.29, 1.82) is 0 Å². The topological polar surface area (TPSA) is 85.2 Å². The number of anilines is 2. The van der Waals surface area contributed by atoms with Gasteiger partial charge in [0.1, 0.15) is 11.6 Å². The van der Waals surface area contributed by atoms with Crippen LogP contribution in [0.3, 0.4) is 0 Å². The molecule has 0 spiro atoms. The summed E-state index contributed by atoms with van der Waals surface area (Å²) in [4.78, 5) is 19.1. The van der Waals surface area contributed by atoms with Crippen molar-refractivity contribution >= 4 is 17.4 Å². The van der Waals surface area contributed by atoms with E-state index in [1.807, 2.05) is 54.1 Å². The Morgan fingerprint density at radius 2 is 2.03 bits per heavy atom. The van der Waals surface area contributed by atoms with Crippen LogP contribution >= 0.6 is 0 Å². The molecule has 0 saturated carbocycles. The molecule has 0 radical (unpaired) electrons. The Morgan fingerprint density at radius 1 is 1.21 bits per heavy atom. The number of imidazole rings is 1. The summed E-state index contributed by atoms with van der Waals surface area (Å²) < 4.78 is 7.11. The van der Waals surface area contributed by atoms with Gasteiger partial charge < -0.3 is 15.0 Å². The lowest BCUT2D eigenvalue weighted by Crippen LogP contribution is -2.41. The molecular weight excluding hydrogens is 368 g/mol. The van der Waals surface area contributed by atoms with Crippen LogP contribution in [0.1, 0.15) is 18.7 Å². The van der Waals surface area contributed by atoms with Crippen molar-refractivity contribution in [3.8, 4) is 11.6 Å². The molecule has 1 fully saturated rings. The molecule has 3 aromatic rings. The van der Waals surface area contributed by atoms with Gasteiger partial charge in [0, 0.05) is 37.2 Å². The van der Waals surface area contributed by atoms with E-state index in [4.69, 9.17) is 4.74 Å². The minimum absolute atomic E-state index is 0.0153. The lowest BCUT2D eigenvalue weighted by atomic mass is 9.97. The molecule has 1 N–H and O–H groups in total. The van der Waals surface area contributed by atoms with Crippen LogP contribution in [0.25, 0.3) is 5.82 Å². The molecule has 150 valence electrons. The van der Waals surface area contributed by atoms with Gasteiger partial charge in [0.15, 0.2) is 11.6 Å².